The number of hydrogen-bond acceptors (Lipinski definition) is 4. The highest BCUT2D eigenvalue weighted by molar-refractivity contribution is 5.78. The van der Waals surface area contributed by atoms with E-state index in [1.807, 2.05) is 12.1 Å². The molecule has 4 N–H and O–H groups in total. The first kappa shape index (κ1) is 9.76. The predicted molar refractivity (Wildman–Crippen MR) is 58.2 cm³/mol. The van der Waals surface area contributed by atoms with Gasteiger partial charge in [-0.05, 0) is 12.5 Å². The summed E-state index contributed by atoms with van der Waals surface area (Å²) >= 11 is 0. The molecule has 0 saturated carbocycles. The number of pyridine rings is 1. The van der Waals surface area contributed by atoms with E-state index >= 15 is 0 Å². The topological polar surface area (TPSA) is 85.2 Å². The average Bonchev–Trinajstić information content (AvgIpc) is 2.66. The Bertz CT molecular complexity index is 379. The number of aromatic nitrogens is 1. The van der Waals surface area contributed by atoms with E-state index in [-0.39, 0.29) is 11.8 Å². The molecule has 15 heavy (non-hydrogen) atoms. The lowest BCUT2D eigenvalue weighted by atomic mass is 10.1. The number of carbonyl (C=O) groups excluding carboxylic acids is 1. The van der Waals surface area contributed by atoms with Crippen LogP contribution in [-0.4, -0.2) is 24.0 Å². The third-order valence-corrected chi connectivity index (χ3v) is 2.72. The van der Waals surface area contributed by atoms with Gasteiger partial charge in [-0.3, -0.25) is 4.79 Å². The van der Waals surface area contributed by atoms with Gasteiger partial charge in [0.2, 0.25) is 5.91 Å². The maximum Gasteiger partial charge on any atom is 0.222 e. The highest BCUT2D eigenvalue weighted by Crippen LogP contribution is 2.23. The first-order chi connectivity index (χ1) is 7.16. The van der Waals surface area contributed by atoms with Crippen molar-refractivity contribution in [3.05, 3.63) is 18.3 Å². The zero-order valence-electron chi connectivity index (χ0n) is 8.39. The zero-order chi connectivity index (χ0) is 10.8. The Hall–Kier alpha value is -1.78. The smallest absolute Gasteiger partial charge is 0.222 e. The fourth-order valence-corrected chi connectivity index (χ4v) is 1.86. The van der Waals surface area contributed by atoms with E-state index in [0.717, 1.165) is 18.7 Å². The summed E-state index contributed by atoms with van der Waals surface area (Å²) in [6.45, 7) is 1.52. The maximum absolute atomic E-state index is 11.0. The SMILES string of the molecule is NC(=O)C1CCN(c2ccnc(N)c2)C1. The summed E-state index contributed by atoms with van der Waals surface area (Å²) in [6, 6.07) is 3.70. The van der Waals surface area contributed by atoms with Crippen molar-refractivity contribution in [3.8, 4) is 0 Å². The summed E-state index contributed by atoms with van der Waals surface area (Å²) in [7, 11) is 0. The molecule has 1 aromatic rings. The van der Waals surface area contributed by atoms with Crippen LogP contribution < -0.4 is 16.4 Å². The van der Waals surface area contributed by atoms with E-state index in [1.54, 1.807) is 6.20 Å². The Kier molecular flexibility index (Phi) is 2.45. The molecule has 5 nitrogen and oxygen atoms in total. The van der Waals surface area contributed by atoms with Gasteiger partial charge in [0.15, 0.2) is 0 Å². The average molecular weight is 206 g/mol. The first-order valence-corrected chi connectivity index (χ1v) is 4.92. The molecule has 1 unspecified atom stereocenters. The van der Waals surface area contributed by atoms with Gasteiger partial charge in [0.05, 0.1) is 5.92 Å². The van der Waals surface area contributed by atoms with Gasteiger partial charge in [-0.25, -0.2) is 4.98 Å². The Balaban J connectivity index is 2.11. The van der Waals surface area contributed by atoms with Crippen molar-refractivity contribution >= 4 is 17.4 Å². The summed E-state index contributed by atoms with van der Waals surface area (Å²) < 4.78 is 0. The fourth-order valence-electron chi connectivity index (χ4n) is 1.86. The molecule has 0 aromatic carbocycles. The van der Waals surface area contributed by atoms with Crippen molar-refractivity contribution in [3.63, 3.8) is 0 Å². The first-order valence-electron chi connectivity index (χ1n) is 4.92. The molecule has 2 rings (SSSR count). The van der Waals surface area contributed by atoms with Crippen LogP contribution in [0, 0.1) is 5.92 Å². The Morgan fingerprint density at radius 2 is 2.40 bits per heavy atom. The highest BCUT2D eigenvalue weighted by atomic mass is 16.1. The number of amides is 1. The molecule has 1 fully saturated rings. The van der Waals surface area contributed by atoms with Crippen molar-refractivity contribution < 1.29 is 4.79 Å². The monoisotopic (exact) mass is 206 g/mol. The molecule has 1 aliphatic heterocycles. The molecule has 1 aromatic heterocycles. The van der Waals surface area contributed by atoms with Crippen LogP contribution in [-0.2, 0) is 4.79 Å². The molecule has 80 valence electrons. The van der Waals surface area contributed by atoms with E-state index in [0.29, 0.717) is 12.4 Å². The molecular weight excluding hydrogens is 192 g/mol. The highest BCUT2D eigenvalue weighted by Gasteiger charge is 2.26. The van der Waals surface area contributed by atoms with Gasteiger partial charge in [0.25, 0.3) is 0 Å². The maximum atomic E-state index is 11.0. The summed E-state index contributed by atoms with van der Waals surface area (Å²) in [4.78, 5) is 17.0. The molecular formula is C10H14N4O. The summed E-state index contributed by atoms with van der Waals surface area (Å²) in [5.41, 5.74) is 11.9. The van der Waals surface area contributed by atoms with Crippen molar-refractivity contribution in [2.75, 3.05) is 23.7 Å². The molecule has 1 aliphatic rings. The van der Waals surface area contributed by atoms with Crippen molar-refractivity contribution in [1.29, 1.82) is 0 Å². The van der Waals surface area contributed by atoms with E-state index in [1.165, 1.54) is 0 Å². The van der Waals surface area contributed by atoms with Crippen LogP contribution in [0.15, 0.2) is 18.3 Å². The molecule has 0 radical (unpaired) electrons. The van der Waals surface area contributed by atoms with Gasteiger partial charge >= 0.3 is 0 Å². The van der Waals surface area contributed by atoms with Crippen molar-refractivity contribution in [1.82, 2.24) is 4.98 Å². The molecule has 0 bridgehead atoms. The van der Waals surface area contributed by atoms with Gasteiger partial charge in [-0.1, -0.05) is 0 Å². The Morgan fingerprint density at radius 3 is 3.00 bits per heavy atom. The number of nitrogens with two attached hydrogens (primary N) is 2. The van der Waals surface area contributed by atoms with Crippen LogP contribution in [0.5, 0.6) is 0 Å². The third-order valence-electron chi connectivity index (χ3n) is 2.72. The number of nitrogen functional groups attached to an aromatic ring is 1. The second-order valence-corrected chi connectivity index (χ2v) is 3.77. The van der Waals surface area contributed by atoms with Crippen molar-refractivity contribution in [2.45, 2.75) is 6.42 Å². The summed E-state index contributed by atoms with van der Waals surface area (Å²) in [5, 5.41) is 0. The normalized spacial score (nSPS) is 20.5. The number of anilines is 2. The van der Waals surface area contributed by atoms with Gasteiger partial charge in [-0.2, -0.15) is 0 Å². The van der Waals surface area contributed by atoms with Crippen LogP contribution >= 0.6 is 0 Å². The fraction of sp³-hybridized carbons (Fsp3) is 0.400. The minimum absolute atomic E-state index is 0.0422. The van der Waals surface area contributed by atoms with Gasteiger partial charge < -0.3 is 16.4 Å². The van der Waals surface area contributed by atoms with Crippen molar-refractivity contribution in [2.24, 2.45) is 11.7 Å². The van der Waals surface area contributed by atoms with Gasteiger partial charge in [-0.15, -0.1) is 0 Å². The van der Waals surface area contributed by atoms with Crippen LogP contribution in [0.2, 0.25) is 0 Å². The number of nitrogens with zero attached hydrogens (tertiary/aromatic N) is 2. The number of primary amides is 1. The lowest BCUT2D eigenvalue weighted by molar-refractivity contribution is -0.121. The predicted octanol–water partition coefficient (Wildman–Crippen LogP) is -0.0246. The molecule has 0 aliphatic carbocycles. The van der Waals surface area contributed by atoms with Gasteiger partial charge in [0.1, 0.15) is 5.82 Å². The largest absolute Gasteiger partial charge is 0.384 e. The Labute approximate surface area is 88.1 Å². The lowest BCUT2D eigenvalue weighted by Crippen LogP contribution is -2.27. The minimum Gasteiger partial charge on any atom is -0.384 e. The quantitative estimate of drug-likeness (QED) is 0.711. The standard InChI is InChI=1S/C10H14N4O/c11-9-5-8(1-3-13-9)14-4-2-7(6-14)10(12)15/h1,3,5,7H,2,4,6H2,(H2,11,13)(H2,12,15). The minimum atomic E-state index is -0.223. The lowest BCUT2D eigenvalue weighted by Gasteiger charge is -2.17. The molecule has 1 saturated heterocycles. The Morgan fingerprint density at radius 1 is 1.60 bits per heavy atom. The van der Waals surface area contributed by atoms with E-state index in [9.17, 15) is 4.79 Å². The number of carbonyl (C=O) groups is 1. The molecule has 0 spiro atoms. The van der Waals surface area contributed by atoms with Crippen LogP contribution in [0.3, 0.4) is 0 Å². The van der Waals surface area contributed by atoms with E-state index < -0.39 is 0 Å². The van der Waals surface area contributed by atoms with E-state index in [2.05, 4.69) is 9.88 Å². The third kappa shape index (κ3) is 2.01. The summed E-state index contributed by atoms with van der Waals surface area (Å²) in [6.07, 6.45) is 2.49. The second-order valence-electron chi connectivity index (χ2n) is 3.77. The molecule has 1 amide bonds. The van der Waals surface area contributed by atoms with E-state index in [4.69, 9.17) is 11.5 Å². The number of rotatable bonds is 2. The zero-order valence-corrected chi connectivity index (χ0v) is 8.39. The van der Waals surface area contributed by atoms with Crippen LogP contribution in [0.25, 0.3) is 0 Å². The van der Waals surface area contributed by atoms with Crippen LogP contribution in [0.1, 0.15) is 6.42 Å². The molecule has 2 heterocycles. The second kappa shape index (κ2) is 3.76. The van der Waals surface area contributed by atoms with Crippen LogP contribution in [0.4, 0.5) is 11.5 Å². The molecule has 1 atom stereocenters. The number of hydrogen-bond donors (Lipinski definition) is 2. The van der Waals surface area contributed by atoms with Gasteiger partial charge in [0, 0.05) is 31.0 Å². The molecule has 5 heteroatoms. The summed E-state index contributed by atoms with van der Waals surface area (Å²) in [5.74, 6) is 0.231.